The summed E-state index contributed by atoms with van der Waals surface area (Å²) in [5.41, 5.74) is 12.1. The second-order valence-corrected chi connectivity index (χ2v) is 10.9. The maximum atomic E-state index is 11.6. The molecule has 2 heterocycles. The predicted molar refractivity (Wildman–Crippen MR) is 135 cm³/mol. The van der Waals surface area contributed by atoms with E-state index < -0.39 is 97.9 Å². The van der Waals surface area contributed by atoms with Gasteiger partial charge in [0.05, 0.1) is 49.3 Å². The summed E-state index contributed by atoms with van der Waals surface area (Å²) in [6, 6.07) is -1.27. The summed E-state index contributed by atoms with van der Waals surface area (Å²) in [5.74, 6) is -1.37. The Balaban J connectivity index is 1.85. The molecule has 0 spiro atoms. The zero-order valence-electron chi connectivity index (χ0n) is 22.1. The maximum Gasteiger partial charge on any atom is 0.184 e. The summed E-state index contributed by atoms with van der Waals surface area (Å²) in [5, 5.41) is 79.7. The van der Waals surface area contributed by atoms with E-state index in [9.17, 15) is 35.7 Å². The van der Waals surface area contributed by atoms with Gasteiger partial charge in [0.15, 0.2) is 6.29 Å². The molecule has 1 aliphatic carbocycles. The van der Waals surface area contributed by atoms with Crippen LogP contribution in [-0.2, 0) is 14.2 Å². The van der Waals surface area contributed by atoms with E-state index in [0.717, 1.165) is 0 Å². The van der Waals surface area contributed by atoms with Gasteiger partial charge in [0, 0.05) is 50.0 Å². The number of ether oxygens (including phenoxy) is 3. The smallest absolute Gasteiger partial charge is 0.184 e. The Labute approximate surface area is 223 Å². The average Bonchev–Trinajstić information content (AvgIpc) is 2.89. The molecule has 0 aromatic heterocycles. The van der Waals surface area contributed by atoms with E-state index in [1.807, 2.05) is 6.92 Å². The number of rotatable bonds is 11. The van der Waals surface area contributed by atoms with Gasteiger partial charge in [0.25, 0.3) is 0 Å². The molecule has 3 rings (SSSR count). The molecule has 3 aliphatic rings. The number of aliphatic hydroxyl groups is 7. The van der Waals surface area contributed by atoms with E-state index in [1.54, 1.807) is 6.92 Å². The SMILES string of the molecule is CCNC[C@H]1O[C@H](C2[C@@H](N)C[C@@H](NCC(O)CN)[C@H](O[C@H]3O[C@H](CO)[C@@H](O)C[C@H]3O)[C@H]2O)[C@H](O)[C@@H](C)[C@@H]1O. The van der Waals surface area contributed by atoms with Crippen LogP contribution in [0.2, 0.25) is 0 Å². The average molecular weight is 553 g/mol. The van der Waals surface area contributed by atoms with E-state index in [2.05, 4.69) is 10.6 Å². The minimum absolute atomic E-state index is 0.0124. The van der Waals surface area contributed by atoms with Gasteiger partial charge in [0.2, 0.25) is 0 Å². The van der Waals surface area contributed by atoms with Crippen molar-refractivity contribution < 1.29 is 50.0 Å². The van der Waals surface area contributed by atoms with E-state index in [1.165, 1.54) is 0 Å². The van der Waals surface area contributed by atoms with E-state index in [-0.39, 0.29) is 25.9 Å². The molecule has 2 unspecified atom stereocenters. The Morgan fingerprint density at radius 2 is 1.71 bits per heavy atom. The molecule has 3 fully saturated rings. The molecule has 0 radical (unpaired) electrons. The highest BCUT2D eigenvalue weighted by atomic mass is 16.7. The molecule has 1 saturated carbocycles. The molecule has 14 heteroatoms. The van der Waals surface area contributed by atoms with Crippen LogP contribution in [0.5, 0.6) is 0 Å². The third-order valence-corrected chi connectivity index (χ3v) is 8.14. The largest absolute Gasteiger partial charge is 0.394 e. The van der Waals surface area contributed by atoms with Gasteiger partial charge in [0.1, 0.15) is 18.3 Å². The Morgan fingerprint density at radius 3 is 2.34 bits per heavy atom. The standard InChI is InChI=1S/C24H48N4O10/c1-3-27-8-16-19(33)10(2)20(34)23(36-16)18-12(26)4-13(28-7-11(30)6-25)22(21(18)35)38-24-15(32)5-14(31)17(9-29)37-24/h10-24,27-35H,3-9,25-26H2,1-2H3/t10-,11?,12-,13+,14-,15+,16+,17+,18?,19-,20+,21-,22-,23+,24+/m0/s1. The number of nitrogens with two attached hydrogens (primary N) is 2. The van der Waals surface area contributed by atoms with Crippen LogP contribution in [-0.4, -0.2) is 148 Å². The zero-order valence-corrected chi connectivity index (χ0v) is 22.1. The van der Waals surface area contributed by atoms with Crippen LogP contribution in [0, 0.1) is 11.8 Å². The Hall–Kier alpha value is -0.560. The quantitative estimate of drug-likeness (QED) is 0.115. The van der Waals surface area contributed by atoms with Crippen LogP contribution in [0.4, 0.5) is 0 Å². The van der Waals surface area contributed by atoms with E-state index >= 15 is 0 Å². The van der Waals surface area contributed by atoms with Crippen molar-refractivity contribution in [1.82, 2.24) is 10.6 Å². The third-order valence-electron chi connectivity index (χ3n) is 8.14. The second kappa shape index (κ2) is 14.4. The lowest BCUT2D eigenvalue weighted by atomic mass is 9.70. The molecule has 13 N–H and O–H groups in total. The second-order valence-electron chi connectivity index (χ2n) is 10.9. The third kappa shape index (κ3) is 7.19. The zero-order chi connectivity index (χ0) is 28.1. The van der Waals surface area contributed by atoms with Gasteiger partial charge in [-0.2, -0.15) is 0 Å². The molecule has 0 aromatic rings. The molecule has 224 valence electrons. The number of likely N-dealkylation sites (N-methyl/N-ethyl adjacent to an activating group) is 1. The van der Waals surface area contributed by atoms with Crippen LogP contribution in [0.15, 0.2) is 0 Å². The molecule has 14 nitrogen and oxygen atoms in total. The van der Waals surface area contributed by atoms with E-state index in [0.29, 0.717) is 13.1 Å². The predicted octanol–water partition coefficient (Wildman–Crippen LogP) is -5.08. The van der Waals surface area contributed by atoms with Gasteiger partial charge >= 0.3 is 0 Å². The van der Waals surface area contributed by atoms with Crippen molar-refractivity contribution in [2.45, 2.75) is 106 Å². The first-order chi connectivity index (χ1) is 18.0. The highest BCUT2D eigenvalue weighted by Gasteiger charge is 2.54. The summed E-state index contributed by atoms with van der Waals surface area (Å²) < 4.78 is 17.8. The highest BCUT2D eigenvalue weighted by molar-refractivity contribution is 5.06. The first kappa shape index (κ1) is 32.0. The lowest BCUT2D eigenvalue weighted by Crippen LogP contribution is -2.69. The van der Waals surface area contributed by atoms with Crippen molar-refractivity contribution in [2.24, 2.45) is 23.3 Å². The van der Waals surface area contributed by atoms with Crippen molar-refractivity contribution >= 4 is 0 Å². The van der Waals surface area contributed by atoms with Crippen LogP contribution < -0.4 is 22.1 Å². The maximum absolute atomic E-state index is 11.6. The molecule has 0 aromatic carbocycles. The number of hydrogen-bond acceptors (Lipinski definition) is 14. The molecule has 0 amide bonds. The van der Waals surface area contributed by atoms with Gasteiger partial charge in [-0.3, -0.25) is 0 Å². The number of hydrogen-bond donors (Lipinski definition) is 11. The molecule has 38 heavy (non-hydrogen) atoms. The molecule has 0 bridgehead atoms. The van der Waals surface area contributed by atoms with Crippen molar-refractivity contribution in [3.05, 3.63) is 0 Å². The Morgan fingerprint density at radius 1 is 1.00 bits per heavy atom. The molecular weight excluding hydrogens is 504 g/mol. The van der Waals surface area contributed by atoms with Crippen molar-refractivity contribution in [2.75, 3.05) is 32.8 Å². The fraction of sp³-hybridized carbons (Fsp3) is 1.00. The van der Waals surface area contributed by atoms with Crippen LogP contribution in [0.25, 0.3) is 0 Å². The van der Waals surface area contributed by atoms with Gasteiger partial charge in [-0.05, 0) is 13.0 Å². The topological polar surface area (TPSA) is 245 Å². The number of aliphatic hydroxyl groups excluding tert-OH is 7. The van der Waals surface area contributed by atoms with Crippen LogP contribution in [0.1, 0.15) is 26.7 Å². The first-order valence-corrected chi connectivity index (χ1v) is 13.6. The van der Waals surface area contributed by atoms with Gasteiger partial charge in [-0.15, -0.1) is 0 Å². The van der Waals surface area contributed by atoms with Crippen molar-refractivity contribution in [3.63, 3.8) is 0 Å². The first-order valence-electron chi connectivity index (χ1n) is 13.6. The summed E-state index contributed by atoms with van der Waals surface area (Å²) in [7, 11) is 0. The normalized spacial score (nSPS) is 47.1. The van der Waals surface area contributed by atoms with Crippen LogP contribution >= 0.6 is 0 Å². The molecule has 2 aliphatic heterocycles. The minimum Gasteiger partial charge on any atom is -0.394 e. The minimum atomic E-state index is -1.32. The Kier molecular flexibility index (Phi) is 12.1. The fourth-order valence-electron chi connectivity index (χ4n) is 5.76. The van der Waals surface area contributed by atoms with Gasteiger partial charge in [-0.1, -0.05) is 13.8 Å². The van der Waals surface area contributed by atoms with Crippen LogP contribution in [0.3, 0.4) is 0 Å². The van der Waals surface area contributed by atoms with Gasteiger partial charge < -0.3 is 72.1 Å². The monoisotopic (exact) mass is 552 g/mol. The molecule has 2 saturated heterocycles. The molecular formula is C24H48N4O10. The summed E-state index contributed by atoms with van der Waals surface area (Å²) >= 11 is 0. The lowest BCUT2D eigenvalue weighted by Gasteiger charge is -2.52. The summed E-state index contributed by atoms with van der Waals surface area (Å²) in [4.78, 5) is 0. The van der Waals surface area contributed by atoms with E-state index in [4.69, 9.17) is 25.7 Å². The van der Waals surface area contributed by atoms with Gasteiger partial charge in [-0.25, -0.2) is 0 Å². The fourth-order valence-corrected chi connectivity index (χ4v) is 5.76. The summed E-state index contributed by atoms with van der Waals surface area (Å²) in [6.07, 6.45) is -11.2. The lowest BCUT2D eigenvalue weighted by molar-refractivity contribution is -0.305. The highest BCUT2D eigenvalue weighted by Crippen LogP contribution is 2.38. The molecule has 15 atom stereocenters. The Bertz CT molecular complexity index is 713. The van der Waals surface area contributed by atoms with Crippen molar-refractivity contribution in [1.29, 1.82) is 0 Å². The van der Waals surface area contributed by atoms with Crippen molar-refractivity contribution in [3.8, 4) is 0 Å². The number of nitrogens with one attached hydrogen (secondary N) is 2. The summed E-state index contributed by atoms with van der Waals surface area (Å²) in [6.45, 7) is 4.25.